The molecule has 0 aromatic heterocycles. The molecule has 0 N–H and O–H groups in total. The molecule has 0 heterocycles. The monoisotopic (exact) mass is 979 g/mol. The first-order chi connectivity index (χ1) is 38.1. The van der Waals surface area contributed by atoms with Gasteiger partial charge in [-0.2, -0.15) is 0 Å². The highest BCUT2D eigenvalue weighted by molar-refractivity contribution is 6.02. The molecule has 1 atom stereocenters. The molecular weight excluding hydrogens is 927 g/mol. The smallest absolute Gasteiger partial charge is 0.0714 e. The van der Waals surface area contributed by atoms with Crippen molar-refractivity contribution >= 4 is 17.1 Å². The molecule has 0 amide bonds. The summed E-state index contributed by atoms with van der Waals surface area (Å²) < 4.78 is 0. The van der Waals surface area contributed by atoms with Crippen LogP contribution in [0.4, 0.5) is 17.1 Å². The Labute approximate surface area is 451 Å². The second kappa shape index (κ2) is 17.5. The second-order valence-corrected chi connectivity index (χ2v) is 21.1. The molecule has 0 aliphatic heterocycles. The van der Waals surface area contributed by atoms with E-state index in [2.05, 4.69) is 315 Å². The average Bonchev–Trinajstić information content (AvgIpc) is 3.86. The summed E-state index contributed by atoms with van der Waals surface area (Å²) in [6.45, 7) is 2.40. The maximum Gasteiger partial charge on any atom is 0.0714 e. The molecule has 1 unspecified atom stereocenters. The molecule has 362 valence electrons. The Kier molecular flexibility index (Phi) is 10.2. The molecule has 3 aliphatic rings. The number of hydrogen-bond donors (Lipinski definition) is 0. The third-order valence-corrected chi connectivity index (χ3v) is 17.5. The first-order valence-electron chi connectivity index (χ1n) is 27.0. The predicted molar refractivity (Wildman–Crippen MR) is 319 cm³/mol. The van der Waals surface area contributed by atoms with Gasteiger partial charge in [0.05, 0.1) is 22.2 Å². The van der Waals surface area contributed by atoms with Gasteiger partial charge in [-0.25, -0.2) is 0 Å². The summed E-state index contributed by atoms with van der Waals surface area (Å²) in [7, 11) is 0. The molecular formula is C76H53N. The second-order valence-electron chi connectivity index (χ2n) is 21.1. The molecule has 3 aliphatic carbocycles. The summed E-state index contributed by atoms with van der Waals surface area (Å²) >= 11 is 0. The lowest BCUT2D eigenvalue weighted by Gasteiger charge is -2.35. The first-order valence-corrected chi connectivity index (χ1v) is 27.0. The van der Waals surface area contributed by atoms with Crippen LogP contribution in [0.1, 0.15) is 68.1 Å². The standard InChI is InChI=1S/C76H53N/c1-74(54-25-7-2-8-26-54)64-38-20-17-35-60(64)61-50-47-53(51-69(61)74)52-45-48-59(49-46-52)77(70-43-23-41-67-72(70)62-36-18-21-39-65(62)75(67,55-27-9-3-10-28-55)56-29-11-4-12-30-56)71-44-24-42-68-73(71)63-37-19-22-40-66(63)76(68,57-31-13-5-14-32-57)58-33-15-6-16-34-58/h2-51H,1H3. The number of rotatable bonds is 9. The number of fused-ring (bicyclic) bond motifs is 9. The topological polar surface area (TPSA) is 3.24 Å². The van der Waals surface area contributed by atoms with Crippen LogP contribution in [-0.2, 0) is 16.2 Å². The van der Waals surface area contributed by atoms with E-state index in [0.29, 0.717) is 0 Å². The fraction of sp³-hybridized carbons (Fsp3) is 0.0526. The van der Waals surface area contributed by atoms with Gasteiger partial charge in [0.2, 0.25) is 0 Å². The molecule has 1 heteroatoms. The highest BCUT2D eigenvalue weighted by Gasteiger charge is 2.50. The van der Waals surface area contributed by atoms with Crippen LogP contribution in [0.5, 0.6) is 0 Å². The quantitative estimate of drug-likeness (QED) is 0.139. The molecule has 0 saturated heterocycles. The average molecular weight is 980 g/mol. The Bertz CT molecular complexity index is 3940. The van der Waals surface area contributed by atoms with E-state index in [9.17, 15) is 0 Å². The van der Waals surface area contributed by atoms with Gasteiger partial charge >= 0.3 is 0 Å². The lowest BCUT2D eigenvalue weighted by molar-refractivity contribution is 0.714. The van der Waals surface area contributed by atoms with Crippen molar-refractivity contribution in [1.29, 1.82) is 0 Å². The van der Waals surface area contributed by atoms with Gasteiger partial charge in [-0.1, -0.05) is 273 Å². The Hall–Kier alpha value is -9.56. The lowest BCUT2D eigenvalue weighted by atomic mass is 9.67. The fourth-order valence-corrected chi connectivity index (χ4v) is 14.3. The van der Waals surface area contributed by atoms with Gasteiger partial charge in [0.1, 0.15) is 0 Å². The van der Waals surface area contributed by atoms with Gasteiger partial charge < -0.3 is 4.90 Å². The van der Waals surface area contributed by atoms with Crippen LogP contribution in [0.2, 0.25) is 0 Å². The minimum Gasteiger partial charge on any atom is -0.309 e. The zero-order valence-electron chi connectivity index (χ0n) is 42.8. The SMILES string of the molecule is CC1(c2ccccc2)c2ccccc2-c2ccc(-c3ccc(N(c4cccc5c4-c4ccccc4C5(c4ccccc4)c4ccccc4)c4cccc5c4-c4ccccc4C5(c4ccccc4)c4ccccc4)cc3)cc21. The third-order valence-electron chi connectivity index (χ3n) is 17.5. The van der Waals surface area contributed by atoms with Gasteiger partial charge in [0.25, 0.3) is 0 Å². The molecule has 12 aromatic rings. The minimum absolute atomic E-state index is 0.294. The first kappa shape index (κ1) is 44.9. The Morgan fingerprint density at radius 1 is 0.247 bits per heavy atom. The molecule has 77 heavy (non-hydrogen) atoms. The van der Waals surface area contributed by atoms with Gasteiger partial charge in [-0.3, -0.25) is 0 Å². The lowest BCUT2D eigenvalue weighted by Crippen LogP contribution is -2.28. The summed E-state index contributed by atoms with van der Waals surface area (Å²) in [6.07, 6.45) is 0. The molecule has 0 radical (unpaired) electrons. The van der Waals surface area contributed by atoms with Crippen molar-refractivity contribution in [3.63, 3.8) is 0 Å². The van der Waals surface area contributed by atoms with E-state index in [1.54, 1.807) is 0 Å². The van der Waals surface area contributed by atoms with Gasteiger partial charge in [0.15, 0.2) is 0 Å². The molecule has 12 aromatic carbocycles. The van der Waals surface area contributed by atoms with Crippen LogP contribution >= 0.6 is 0 Å². The van der Waals surface area contributed by atoms with Gasteiger partial charge in [0, 0.05) is 22.2 Å². The summed E-state index contributed by atoms with van der Waals surface area (Å²) in [5.74, 6) is 0. The van der Waals surface area contributed by atoms with Crippen LogP contribution in [0, 0.1) is 0 Å². The van der Waals surface area contributed by atoms with Crippen LogP contribution in [0.3, 0.4) is 0 Å². The van der Waals surface area contributed by atoms with E-state index in [1.807, 2.05) is 0 Å². The van der Waals surface area contributed by atoms with Crippen molar-refractivity contribution in [1.82, 2.24) is 0 Å². The molecule has 0 saturated carbocycles. The van der Waals surface area contributed by atoms with E-state index in [1.165, 1.54) is 106 Å². The van der Waals surface area contributed by atoms with Crippen LogP contribution in [-0.4, -0.2) is 0 Å². The Morgan fingerprint density at radius 2 is 0.597 bits per heavy atom. The van der Waals surface area contributed by atoms with E-state index in [4.69, 9.17) is 0 Å². The summed E-state index contributed by atoms with van der Waals surface area (Å²) in [5.41, 5.74) is 26.0. The third kappa shape index (κ3) is 6.35. The van der Waals surface area contributed by atoms with Gasteiger partial charge in [-0.05, 0) is 132 Å². The van der Waals surface area contributed by atoms with E-state index in [0.717, 1.165) is 17.1 Å². The maximum absolute atomic E-state index is 2.58. The predicted octanol–water partition coefficient (Wildman–Crippen LogP) is 18.9. The zero-order valence-corrected chi connectivity index (χ0v) is 42.8. The zero-order chi connectivity index (χ0) is 51.1. The van der Waals surface area contributed by atoms with Crippen molar-refractivity contribution in [2.75, 3.05) is 4.90 Å². The van der Waals surface area contributed by atoms with Crippen molar-refractivity contribution in [2.24, 2.45) is 0 Å². The van der Waals surface area contributed by atoms with Crippen molar-refractivity contribution in [2.45, 2.75) is 23.2 Å². The fourth-order valence-electron chi connectivity index (χ4n) is 14.3. The number of benzene rings is 12. The minimum atomic E-state index is -0.567. The normalized spacial score (nSPS) is 15.6. The number of nitrogens with zero attached hydrogens (tertiary/aromatic N) is 1. The largest absolute Gasteiger partial charge is 0.309 e. The highest BCUT2D eigenvalue weighted by atomic mass is 15.1. The maximum atomic E-state index is 2.58. The molecule has 0 bridgehead atoms. The summed E-state index contributed by atoms with van der Waals surface area (Å²) in [5, 5.41) is 0. The van der Waals surface area contributed by atoms with Crippen molar-refractivity contribution < 1.29 is 0 Å². The number of hydrogen-bond acceptors (Lipinski definition) is 1. The van der Waals surface area contributed by atoms with E-state index >= 15 is 0 Å². The van der Waals surface area contributed by atoms with Gasteiger partial charge in [-0.15, -0.1) is 0 Å². The highest BCUT2D eigenvalue weighted by Crippen LogP contribution is 2.63. The van der Waals surface area contributed by atoms with Crippen molar-refractivity contribution in [3.05, 3.63) is 365 Å². The number of anilines is 3. The summed E-state index contributed by atoms with van der Waals surface area (Å²) in [6, 6.07) is 113. The summed E-state index contributed by atoms with van der Waals surface area (Å²) in [4.78, 5) is 2.58. The molecule has 0 fully saturated rings. The molecule has 1 nitrogen and oxygen atoms in total. The molecule has 15 rings (SSSR count). The van der Waals surface area contributed by atoms with Crippen LogP contribution in [0.25, 0.3) is 44.5 Å². The Balaban J connectivity index is 0.986. The molecule has 0 spiro atoms. The van der Waals surface area contributed by atoms with E-state index < -0.39 is 10.8 Å². The van der Waals surface area contributed by atoms with E-state index in [-0.39, 0.29) is 5.41 Å². The van der Waals surface area contributed by atoms with Crippen LogP contribution in [0.15, 0.2) is 303 Å². The Morgan fingerprint density at radius 3 is 1.05 bits per heavy atom. The van der Waals surface area contributed by atoms with Crippen molar-refractivity contribution in [3.8, 4) is 44.5 Å². The van der Waals surface area contributed by atoms with Crippen LogP contribution < -0.4 is 4.90 Å².